The second kappa shape index (κ2) is 7.97. The molecule has 0 spiro atoms. The molecule has 0 aliphatic carbocycles. The quantitative estimate of drug-likeness (QED) is 0.661. The number of hydrogen-bond donors (Lipinski definition) is 3. The van der Waals surface area contributed by atoms with E-state index in [-0.39, 0.29) is 27.9 Å². The highest BCUT2D eigenvalue weighted by Crippen LogP contribution is 2.29. The minimum Gasteiger partial charge on any atom is -0.497 e. The summed E-state index contributed by atoms with van der Waals surface area (Å²) in [4.78, 5) is 39.1. The number of thioether (sulfide) groups is 1. The number of hydrogen-bond acceptors (Lipinski definition) is 6. The normalized spacial score (nSPS) is 16.2. The van der Waals surface area contributed by atoms with Gasteiger partial charge in [0.1, 0.15) is 5.75 Å². The van der Waals surface area contributed by atoms with Gasteiger partial charge in [-0.2, -0.15) is 0 Å². The fourth-order valence-electron chi connectivity index (χ4n) is 2.37. The Kier molecular flexibility index (Phi) is 5.46. The van der Waals surface area contributed by atoms with Gasteiger partial charge in [0.15, 0.2) is 5.17 Å². The van der Waals surface area contributed by atoms with E-state index in [2.05, 4.69) is 10.3 Å². The van der Waals surface area contributed by atoms with Gasteiger partial charge < -0.3 is 20.3 Å². The van der Waals surface area contributed by atoms with Crippen molar-refractivity contribution in [3.63, 3.8) is 0 Å². The number of aliphatic imine (C=N–C) groups is 1. The molecule has 0 unspecified atom stereocenters. The van der Waals surface area contributed by atoms with E-state index in [9.17, 15) is 14.4 Å². The van der Waals surface area contributed by atoms with Gasteiger partial charge in [-0.1, -0.05) is 12.1 Å². The molecule has 28 heavy (non-hydrogen) atoms. The van der Waals surface area contributed by atoms with E-state index >= 15 is 0 Å². The Hall–Kier alpha value is -3.59. The van der Waals surface area contributed by atoms with Gasteiger partial charge in [-0.3, -0.25) is 4.79 Å². The van der Waals surface area contributed by atoms with Crippen LogP contribution >= 0.6 is 11.8 Å². The third-order valence-corrected chi connectivity index (χ3v) is 4.62. The fourth-order valence-corrected chi connectivity index (χ4v) is 3.21. The van der Waals surface area contributed by atoms with Crippen LogP contribution in [0.15, 0.2) is 52.4 Å². The lowest BCUT2D eigenvalue weighted by molar-refractivity contribution is -0.115. The monoisotopic (exact) mass is 398 g/mol. The average molecular weight is 398 g/mol. The van der Waals surface area contributed by atoms with Crippen LogP contribution in [-0.4, -0.2) is 40.3 Å². The van der Waals surface area contributed by atoms with E-state index in [0.717, 1.165) is 23.4 Å². The Morgan fingerprint density at radius 3 is 2.21 bits per heavy atom. The predicted molar refractivity (Wildman–Crippen MR) is 104 cm³/mol. The van der Waals surface area contributed by atoms with Crippen molar-refractivity contribution in [2.24, 2.45) is 4.99 Å². The maximum absolute atomic E-state index is 12.2. The molecule has 0 bridgehead atoms. The molecule has 1 aliphatic rings. The molecule has 9 heteroatoms. The van der Waals surface area contributed by atoms with Gasteiger partial charge in [-0.25, -0.2) is 14.6 Å². The smallest absolute Gasteiger partial charge is 0.335 e. The van der Waals surface area contributed by atoms with Crippen LogP contribution in [0, 0.1) is 0 Å². The molecular weight excluding hydrogens is 384 g/mol. The summed E-state index contributed by atoms with van der Waals surface area (Å²) in [6.45, 7) is 0. The molecule has 1 heterocycles. The van der Waals surface area contributed by atoms with Crippen LogP contribution in [0.5, 0.6) is 5.75 Å². The number of nitrogens with zero attached hydrogens (tertiary/aromatic N) is 1. The Morgan fingerprint density at radius 1 is 1.07 bits per heavy atom. The molecule has 1 saturated heterocycles. The first-order valence-electron chi connectivity index (χ1n) is 7.91. The van der Waals surface area contributed by atoms with Gasteiger partial charge in [0, 0.05) is 0 Å². The largest absolute Gasteiger partial charge is 0.497 e. The third kappa shape index (κ3) is 4.38. The average Bonchev–Trinajstić information content (AvgIpc) is 3.00. The number of ether oxygens (including phenoxy) is 1. The standard InChI is InChI=1S/C19H14N2O6S/c1-27-14-4-2-10(3-5-14)6-15-16(22)21-19(28-15)20-13-8-11(17(23)24)7-12(9-13)18(25)26/h2-9H,1H3,(H,23,24)(H,25,26)(H,20,21,22)/b15-6-. The van der Waals surface area contributed by atoms with Gasteiger partial charge in [0.2, 0.25) is 0 Å². The SMILES string of the molecule is COc1ccc(/C=C2\SC(=Nc3cc(C(=O)O)cc(C(=O)O)c3)NC2=O)cc1. The van der Waals surface area contributed by atoms with E-state index in [4.69, 9.17) is 14.9 Å². The first-order chi connectivity index (χ1) is 13.4. The zero-order valence-corrected chi connectivity index (χ0v) is 15.3. The molecule has 1 amide bonds. The Morgan fingerprint density at radius 2 is 1.68 bits per heavy atom. The molecule has 0 saturated carbocycles. The molecule has 3 rings (SSSR count). The summed E-state index contributed by atoms with van der Waals surface area (Å²) < 4.78 is 5.09. The van der Waals surface area contributed by atoms with Crippen molar-refractivity contribution in [2.75, 3.05) is 7.11 Å². The number of carbonyl (C=O) groups excluding carboxylic acids is 1. The molecule has 2 aromatic carbocycles. The molecule has 1 fully saturated rings. The lowest BCUT2D eigenvalue weighted by atomic mass is 10.1. The van der Waals surface area contributed by atoms with E-state index in [1.54, 1.807) is 37.5 Å². The highest BCUT2D eigenvalue weighted by molar-refractivity contribution is 8.18. The summed E-state index contributed by atoms with van der Waals surface area (Å²) in [7, 11) is 1.56. The zero-order valence-electron chi connectivity index (χ0n) is 14.5. The Balaban J connectivity index is 1.88. The molecule has 0 radical (unpaired) electrons. The van der Waals surface area contributed by atoms with Crippen molar-refractivity contribution in [1.82, 2.24) is 5.32 Å². The second-order valence-electron chi connectivity index (χ2n) is 5.63. The van der Waals surface area contributed by atoms with Gasteiger partial charge in [0.25, 0.3) is 5.91 Å². The highest BCUT2D eigenvalue weighted by atomic mass is 32.2. The topological polar surface area (TPSA) is 125 Å². The molecule has 8 nitrogen and oxygen atoms in total. The number of aromatic carboxylic acids is 2. The first kappa shape index (κ1) is 19.2. The number of methoxy groups -OCH3 is 1. The second-order valence-corrected chi connectivity index (χ2v) is 6.66. The summed E-state index contributed by atoms with van der Waals surface area (Å²) in [5.41, 5.74) is 0.497. The van der Waals surface area contributed by atoms with Gasteiger partial charge in [-0.05, 0) is 53.7 Å². The van der Waals surface area contributed by atoms with Crippen LogP contribution in [0.25, 0.3) is 6.08 Å². The molecule has 0 atom stereocenters. The Bertz CT molecular complexity index is 995. The van der Waals surface area contributed by atoms with Crippen molar-refractivity contribution < 1.29 is 29.3 Å². The number of rotatable bonds is 5. The van der Waals surface area contributed by atoms with Crippen LogP contribution in [0.3, 0.4) is 0 Å². The Labute approximate surface area is 163 Å². The van der Waals surface area contributed by atoms with E-state index in [1.165, 1.54) is 12.1 Å². The summed E-state index contributed by atoms with van der Waals surface area (Å²) in [5.74, 6) is -2.20. The number of carboxylic acids is 2. The summed E-state index contributed by atoms with van der Waals surface area (Å²) >= 11 is 1.07. The molecule has 2 aromatic rings. The van der Waals surface area contributed by atoms with Crippen molar-refractivity contribution in [1.29, 1.82) is 0 Å². The third-order valence-electron chi connectivity index (χ3n) is 3.71. The van der Waals surface area contributed by atoms with Gasteiger partial charge in [-0.15, -0.1) is 0 Å². The number of carboxylic acid groups (broad SMARTS) is 2. The van der Waals surface area contributed by atoms with Crippen molar-refractivity contribution in [2.45, 2.75) is 0 Å². The van der Waals surface area contributed by atoms with Crippen LogP contribution in [0.1, 0.15) is 26.3 Å². The van der Waals surface area contributed by atoms with Crippen LogP contribution in [0.2, 0.25) is 0 Å². The highest BCUT2D eigenvalue weighted by Gasteiger charge is 2.24. The maximum Gasteiger partial charge on any atom is 0.335 e. The van der Waals surface area contributed by atoms with E-state index in [0.29, 0.717) is 10.7 Å². The number of amidine groups is 1. The molecule has 3 N–H and O–H groups in total. The van der Waals surface area contributed by atoms with Crippen molar-refractivity contribution >= 4 is 46.5 Å². The lowest BCUT2D eigenvalue weighted by Crippen LogP contribution is -2.19. The lowest BCUT2D eigenvalue weighted by Gasteiger charge is -2.02. The zero-order chi connectivity index (χ0) is 20.3. The minimum absolute atomic E-state index is 0.116. The van der Waals surface area contributed by atoms with Crippen LogP contribution < -0.4 is 10.1 Å². The molecular formula is C19H14N2O6S. The first-order valence-corrected chi connectivity index (χ1v) is 8.72. The van der Waals surface area contributed by atoms with E-state index < -0.39 is 11.9 Å². The van der Waals surface area contributed by atoms with Crippen molar-refractivity contribution in [3.05, 3.63) is 64.1 Å². The number of benzene rings is 2. The summed E-state index contributed by atoms with van der Waals surface area (Å²) in [6.07, 6.45) is 1.68. The fraction of sp³-hybridized carbons (Fsp3) is 0.0526. The molecule has 1 aliphatic heterocycles. The minimum atomic E-state index is -1.27. The number of carbonyl (C=O) groups is 3. The number of nitrogens with one attached hydrogen (secondary N) is 1. The summed E-state index contributed by atoms with van der Waals surface area (Å²) in [6, 6.07) is 10.6. The summed E-state index contributed by atoms with van der Waals surface area (Å²) in [5, 5.41) is 21.1. The molecule has 0 aromatic heterocycles. The predicted octanol–water partition coefficient (Wildman–Crippen LogP) is 2.98. The van der Waals surface area contributed by atoms with Crippen LogP contribution in [-0.2, 0) is 4.79 Å². The van der Waals surface area contributed by atoms with Crippen molar-refractivity contribution in [3.8, 4) is 5.75 Å². The maximum atomic E-state index is 12.2. The van der Waals surface area contributed by atoms with Crippen LogP contribution in [0.4, 0.5) is 5.69 Å². The van der Waals surface area contributed by atoms with E-state index in [1.807, 2.05) is 0 Å². The molecule has 142 valence electrons. The van der Waals surface area contributed by atoms with Gasteiger partial charge >= 0.3 is 11.9 Å². The van der Waals surface area contributed by atoms with Gasteiger partial charge in [0.05, 0.1) is 28.8 Å². The number of amides is 1.